The summed E-state index contributed by atoms with van der Waals surface area (Å²) in [7, 11) is 0. The molecular weight excluding hydrogens is 266 g/mol. The van der Waals surface area contributed by atoms with Gasteiger partial charge in [0.05, 0.1) is 0 Å². The van der Waals surface area contributed by atoms with Gasteiger partial charge < -0.3 is 14.6 Å². The lowest BCUT2D eigenvalue weighted by atomic mass is 10.0. The number of aryl methyl sites for hydroxylation is 1. The second-order valence-corrected chi connectivity index (χ2v) is 5.59. The minimum Gasteiger partial charge on any atom is -0.385 e. The number of benzene rings is 1. The van der Waals surface area contributed by atoms with Crippen molar-refractivity contribution < 1.29 is 9.26 Å². The molecule has 5 heteroatoms. The molecule has 1 aliphatic rings. The number of hydrogen-bond acceptors (Lipinski definition) is 5. The van der Waals surface area contributed by atoms with Crippen molar-refractivity contribution >= 4 is 5.69 Å². The maximum Gasteiger partial charge on any atom is 0.226 e. The average Bonchev–Trinajstić information content (AvgIpc) is 3.15. The average molecular weight is 287 g/mol. The topological polar surface area (TPSA) is 60.2 Å². The summed E-state index contributed by atoms with van der Waals surface area (Å²) in [5.74, 6) is 1.38. The monoisotopic (exact) mass is 287 g/mol. The summed E-state index contributed by atoms with van der Waals surface area (Å²) in [6.07, 6.45) is 3.75. The van der Waals surface area contributed by atoms with Crippen LogP contribution >= 0.6 is 0 Å². The number of para-hydroxylation sites is 1. The van der Waals surface area contributed by atoms with Gasteiger partial charge in [0.15, 0.2) is 0 Å². The molecule has 2 heterocycles. The van der Waals surface area contributed by atoms with Crippen LogP contribution < -0.4 is 5.32 Å². The molecule has 0 saturated carbocycles. The fraction of sp³-hybridized carbons (Fsp3) is 0.500. The van der Waals surface area contributed by atoms with E-state index >= 15 is 0 Å². The van der Waals surface area contributed by atoms with Crippen LogP contribution in [0.2, 0.25) is 0 Å². The Labute approximate surface area is 124 Å². The second-order valence-electron chi connectivity index (χ2n) is 5.59. The second kappa shape index (κ2) is 6.26. The predicted molar refractivity (Wildman–Crippen MR) is 80.1 cm³/mol. The molecule has 2 aromatic rings. The number of aromatic nitrogens is 2. The normalized spacial score (nSPS) is 21.6. The van der Waals surface area contributed by atoms with Gasteiger partial charge >= 0.3 is 0 Å². The zero-order valence-electron chi connectivity index (χ0n) is 12.3. The maximum atomic E-state index is 5.73. The highest BCUT2D eigenvalue weighted by atomic mass is 16.5. The van der Waals surface area contributed by atoms with E-state index in [4.69, 9.17) is 9.26 Å². The first kappa shape index (κ1) is 14.1. The lowest BCUT2D eigenvalue weighted by Crippen LogP contribution is -2.21. The third kappa shape index (κ3) is 3.42. The van der Waals surface area contributed by atoms with E-state index in [9.17, 15) is 0 Å². The molecule has 1 N–H and O–H groups in total. The predicted octanol–water partition coefficient (Wildman–Crippen LogP) is 3.14. The molecule has 1 unspecified atom stereocenters. The summed E-state index contributed by atoms with van der Waals surface area (Å²) >= 11 is 0. The van der Waals surface area contributed by atoms with E-state index < -0.39 is 0 Å². The van der Waals surface area contributed by atoms with Gasteiger partial charge in [-0.1, -0.05) is 23.4 Å². The van der Waals surface area contributed by atoms with E-state index in [1.54, 1.807) is 0 Å². The van der Waals surface area contributed by atoms with Crippen LogP contribution in [0, 0.1) is 0 Å². The fourth-order valence-electron chi connectivity index (χ4n) is 2.56. The van der Waals surface area contributed by atoms with Gasteiger partial charge in [0.1, 0.15) is 5.60 Å². The zero-order chi connectivity index (χ0) is 14.5. The molecule has 1 aromatic carbocycles. The van der Waals surface area contributed by atoms with E-state index in [0.29, 0.717) is 11.7 Å². The molecule has 5 nitrogen and oxygen atoms in total. The van der Waals surface area contributed by atoms with Crippen molar-refractivity contribution in [2.24, 2.45) is 0 Å². The summed E-state index contributed by atoms with van der Waals surface area (Å²) in [5.41, 5.74) is 0.778. The van der Waals surface area contributed by atoms with Crippen molar-refractivity contribution in [3.05, 3.63) is 42.0 Å². The Bertz CT molecular complexity index is 562. The van der Waals surface area contributed by atoms with E-state index in [1.807, 2.05) is 25.1 Å². The Balaban J connectivity index is 1.47. The minimum atomic E-state index is -0.357. The Morgan fingerprint density at radius 1 is 1.29 bits per heavy atom. The van der Waals surface area contributed by atoms with Crippen molar-refractivity contribution in [1.29, 1.82) is 0 Å². The number of hydrogen-bond donors (Lipinski definition) is 1. The summed E-state index contributed by atoms with van der Waals surface area (Å²) in [5, 5.41) is 7.45. The van der Waals surface area contributed by atoms with Gasteiger partial charge in [-0.2, -0.15) is 4.98 Å². The third-order valence-electron chi connectivity index (χ3n) is 3.83. The Kier molecular flexibility index (Phi) is 4.20. The largest absolute Gasteiger partial charge is 0.385 e. The third-order valence-corrected chi connectivity index (χ3v) is 3.83. The molecule has 1 aliphatic heterocycles. The Hall–Kier alpha value is -1.88. The smallest absolute Gasteiger partial charge is 0.226 e. The van der Waals surface area contributed by atoms with Crippen LogP contribution in [-0.4, -0.2) is 23.3 Å². The fourth-order valence-corrected chi connectivity index (χ4v) is 2.56. The van der Waals surface area contributed by atoms with Gasteiger partial charge in [-0.15, -0.1) is 0 Å². The number of rotatable bonds is 6. The van der Waals surface area contributed by atoms with E-state index in [1.165, 1.54) is 0 Å². The summed E-state index contributed by atoms with van der Waals surface area (Å²) in [6, 6.07) is 10.2. The van der Waals surface area contributed by atoms with Crippen LogP contribution in [0.5, 0.6) is 0 Å². The highest BCUT2D eigenvalue weighted by molar-refractivity contribution is 5.42. The molecule has 0 spiro atoms. The lowest BCUT2D eigenvalue weighted by Gasteiger charge is -2.17. The molecule has 1 fully saturated rings. The highest BCUT2D eigenvalue weighted by Crippen LogP contribution is 2.33. The van der Waals surface area contributed by atoms with Crippen molar-refractivity contribution in [3.8, 4) is 0 Å². The maximum absolute atomic E-state index is 5.73. The van der Waals surface area contributed by atoms with Crippen molar-refractivity contribution in [3.63, 3.8) is 0 Å². The number of anilines is 1. The van der Waals surface area contributed by atoms with Crippen molar-refractivity contribution in [1.82, 2.24) is 10.1 Å². The molecule has 0 amide bonds. The summed E-state index contributed by atoms with van der Waals surface area (Å²) in [4.78, 5) is 4.48. The molecule has 1 aromatic heterocycles. The number of nitrogens with one attached hydrogen (secondary N) is 1. The van der Waals surface area contributed by atoms with Crippen LogP contribution in [0.4, 0.5) is 5.69 Å². The molecule has 0 radical (unpaired) electrons. The van der Waals surface area contributed by atoms with Gasteiger partial charge in [-0.05, 0) is 38.3 Å². The SMILES string of the molecule is CC1(c2noc(CCCNc3ccccc3)n2)CCCO1. The molecule has 3 rings (SSSR count). The van der Waals surface area contributed by atoms with Crippen molar-refractivity contribution in [2.75, 3.05) is 18.5 Å². The number of ether oxygens (including phenoxy) is 1. The van der Waals surface area contributed by atoms with Gasteiger partial charge in [-0.3, -0.25) is 0 Å². The quantitative estimate of drug-likeness (QED) is 0.827. The van der Waals surface area contributed by atoms with Crippen LogP contribution in [0.1, 0.15) is 37.9 Å². The van der Waals surface area contributed by atoms with Crippen LogP contribution in [0.25, 0.3) is 0 Å². The van der Waals surface area contributed by atoms with Gasteiger partial charge in [0.25, 0.3) is 0 Å². The molecule has 21 heavy (non-hydrogen) atoms. The van der Waals surface area contributed by atoms with Gasteiger partial charge in [-0.25, -0.2) is 0 Å². The van der Waals surface area contributed by atoms with Crippen LogP contribution in [-0.2, 0) is 16.8 Å². The highest BCUT2D eigenvalue weighted by Gasteiger charge is 2.36. The lowest BCUT2D eigenvalue weighted by molar-refractivity contribution is 0.00768. The van der Waals surface area contributed by atoms with E-state index in [-0.39, 0.29) is 5.60 Å². The summed E-state index contributed by atoms with van der Waals surface area (Å²) in [6.45, 7) is 3.70. The zero-order valence-corrected chi connectivity index (χ0v) is 12.3. The summed E-state index contributed by atoms with van der Waals surface area (Å²) < 4.78 is 11.1. The molecular formula is C16H21N3O2. The van der Waals surface area contributed by atoms with Gasteiger partial charge in [0.2, 0.25) is 11.7 Å². The molecule has 112 valence electrons. The number of nitrogens with zero attached hydrogens (tertiary/aromatic N) is 2. The van der Waals surface area contributed by atoms with Crippen LogP contribution in [0.15, 0.2) is 34.9 Å². The Morgan fingerprint density at radius 3 is 2.90 bits per heavy atom. The van der Waals surface area contributed by atoms with Crippen LogP contribution in [0.3, 0.4) is 0 Å². The minimum absolute atomic E-state index is 0.357. The van der Waals surface area contributed by atoms with E-state index in [2.05, 4.69) is 27.6 Å². The van der Waals surface area contributed by atoms with E-state index in [0.717, 1.165) is 44.5 Å². The van der Waals surface area contributed by atoms with Gasteiger partial charge in [0, 0.05) is 25.3 Å². The first-order chi connectivity index (χ1) is 10.3. The standard InChI is InChI=1S/C16H21N3O2/c1-16(10-6-12-20-16)15-18-14(21-19-15)9-5-11-17-13-7-3-2-4-8-13/h2-4,7-8,17H,5-6,9-12H2,1H3. The first-order valence-electron chi connectivity index (χ1n) is 7.52. The molecule has 0 aliphatic carbocycles. The molecule has 1 atom stereocenters. The Morgan fingerprint density at radius 2 is 2.14 bits per heavy atom. The first-order valence-corrected chi connectivity index (χ1v) is 7.52. The van der Waals surface area contributed by atoms with Crippen molar-refractivity contribution in [2.45, 2.75) is 38.2 Å². The molecule has 0 bridgehead atoms. The molecule has 1 saturated heterocycles.